The molecule has 1 heterocycles. The first-order valence-corrected chi connectivity index (χ1v) is 3.44. The molecule has 0 radical (unpaired) electrons. The number of aliphatic hydroxyl groups is 1. The molecule has 0 fully saturated rings. The second-order valence-electron chi connectivity index (χ2n) is 2.51. The number of nitrogens with zero attached hydrogens (tertiary/aromatic N) is 1. The van der Waals surface area contributed by atoms with Crippen molar-refractivity contribution in [3.63, 3.8) is 0 Å². The fourth-order valence-corrected chi connectivity index (χ4v) is 0.840. The van der Waals surface area contributed by atoms with E-state index < -0.39 is 0 Å². The monoisotopic (exact) mass is 149 g/mol. The summed E-state index contributed by atoms with van der Waals surface area (Å²) < 4.78 is 0. The first kappa shape index (κ1) is 7.95. The van der Waals surface area contributed by atoms with Crippen LogP contribution in [0.5, 0.6) is 0 Å². The van der Waals surface area contributed by atoms with Gasteiger partial charge in [-0.1, -0.05) is 6.58 Å². The van der Waals surface area contributed by atoms with E-state index in [2.05, 4.69) is 11.6 Å². The number of hydrogen-bond donors (Lipinski definition) is 1. The summed E-state index contributed by atoms with van der Waals surface area (Å²) in [4.78, 5) is 3.98. The van der Waals surface area contributed by atoms with E-state index in [0.717, 1.165) is 11.1 Å². The third-order valence-electron chi connectivity index (χ3n) is 1.47. The molecule has 0 amide bonds. The Morgan fingerprint density at radius 2 is 2.36 bits per heavy atom. The van der Waals surface area contributed by atoms with Crippen molar-refractivity contribution in [3.8, 4) is 0 Å². The third kappa shape index (κ3) is 1.88. The van der Waals surface area contributed by atoms with Gasteiger partial charge in [0.1, 0.15) is 0 Å². The number of pyridine rings is 1. The molecule has 0 aliphatic rings. The van der Waals surface area contributed by atoms with Crippen LogP contribution in [0.3, 0.4) is 0 Å². The van der Waals surface area contributed by atoms with Gasteiger partial charge in [0.05, 0.1) is 6.61 Å². The summed E-state index contributed by atoms with van der Waals surface area (Å²) in [5.41, 5.74) is 2.70. The molecule has 0 aliphatic heterocycles. The average molecular weight is 149 g/mol. The average Bonchev–Trinajstić information content (AvgIpc) is 2.03. The Bertz CT molecular complexity index is 268. The first-order valence-electron chi connectivity index (χ1n) is 3.44. The second kappa shape index (κ2) is 3.30. The van der Waals surface area contributed by atoms with Gasteiger partial charge in [0.25, 0.3) is 0 Å². The molecule has 1 N–H and O–H groups in total. The number of aryl methyl sites for hydroxylation is 1. The zero-order valence-corrected chi connectivity index (χ0v) is 6.54. The van der Waals surface area contributed by atoms with Crippen LogP contribution < -0.4 is 0 Å². The van der Waals surface area contributed by atoms with Gasteiger partial charge in [-0.2, -0.15) is 0 Å². The summed E-state index contributed by atoms with van der Waals surface area (Å²) >= 11 is 0. The molecule has 0 atom stereocenters. The Labute approximate surface area is 66.2 Å². The Morgan fingerprint density at radius 1 is 1.64 bits per heavy atom. The normalized spacial score (nSPS) is 9.64. The van der Waals surface area contributed by atoms with Crippen molar-refractivity contribution in [3.05, 3.63) is 36.2 Å². The van der Waals surface area contributed by atoms with Crippen LogP contribution in [0.4, 0.5) is 0 Å². The van der Waals surface area contributed by atoms with Crippen molar-refractivity contribution >= 4 is 5.57 Å². The molecule has 1 aromatic heterocycles. The highest BCUT2D eigenvalue weighted by Crippen LogP contribution is 2.10. The van der Waals surface area contributed by atoms with Crippen molar-refractivity contribution in [1.29, 1.82) is 0 Å². The molecule has 0 unspecified atom stereocenters. The highest BCUT2D eigenvalue weighted by Gasteiger charge is 1.96. The molecule has 0 saturated heterocycles. The topological polar surface area (TPSA) is 33.1 Å². The molecule has 0 aliphatic carbocycles. The lowest BCUT2D eigenvalue weighted by Gasteiger charge is -2.01. The number of aliphatic hydroxyl groups excluding tert-OH is 1. The summed E-state index contributed by atoms with van der Waals surface area (Å²) in [5.74, 6) is 0. The quantitative estimate of drug-likeness (QED) is 0.689. The lowest BCUT2D eigenvalue weighted by Crippen LogP contribution is -1.90. The summed E-state index contributed by atoms with van der Waals surface area (Å²) in [6.45, 7) is 5.65. The molecular weight excluding hydrogens is 138 g/mol. The maximum atomic E-state index is 8.75. The van der Waals surface area contributed by atoms with E-state index in [4.69, 9.17) is 5.11 Å². The minimum atomic E-state index is -0.00880. The van der Waals surface area contributed by atoms with E-state index in [1.54, 1.807) is 12.4 Å². The van der Waals surface area contributed by atoms with Crippen molar-refractivity contribution < 1.29 is 5.11 Å². The highest BCUT2D eigenvalue weighted by molar-refractivity contribution is 5.63. The number of hydrogen-bond acceptors (Lipinski definition) is 2. The predicted molar refractivity (Wildman–Crippen MR) is 45.1 cm³/mol. The molecular formula is C9H11NO. The van der Waals surface area contributed by atoms with E-state index in [1.165, 1.54) is 0 Å². The summed E-state index contributed by atoms with van der Waals surface area (Å²) in [6, 6.07) is 1.95. The summed E-state index contributed by atoms with van der Waals surface area (Å²) in [6.07, 6.45) is 3.47. The lowest BCUT2D eigenvalue weighted by atomic mass is 10.1. The van der Waals surface area contributed by atoms with Gasteiger partial charge in [-0.25, -0.2) is 0 Å². The highest BCUT2D eigenvalue weighted by atomic mass is 16.3. The van der Waals surface area contributed by atoms with Crippen molar-refractivity contribution in [2.24, 2.45) is 0 Å². The lowest BCUT2D eigenvalue weighted by molar-refractivity contribution is 0.350. The van der Waals surface area contributed by atoms with Crippen LogP contribution in [0, 0.1) is 6.92 Å². The van der Waals surface area contributed by atoms with E-state index >= 15 is 0 Å². The molecule has 0 spiro atoms. The zero-order valence-electron chi connectivity index (χ0n) is 6.54. The molecule has 58 valence electrons. The second-order valence-corrected chi connectivity index (χ2v) is 2.51. The fourth-order valence-electron chi connectivity index (χ4n) is 0.840. The summed E-state index contributed by atoms with van der Waals surface area (Å²) in [7, 11) is 0. The first-order chi connectivity index (χ1) is 5.24. The minimum absolute atomic E-state index is 0.00880. The smallest absolute Gasteiger partial charge is 0.0682 e. The minimum Gasteiger partial charge on any atom is -0.392 e. The number of aromatic nitrogens is 1. The molecule has 1 rings (SSSR count). The molecule has 0 aromatic carbocycles. The van der Waals surface area contributed by atoms with Gasteiger partial charge in [-0.3, -0.25) is 4.98 Å². The Morgan fingerprint density at radius 3 is 2.91 bits per heavy atom. The van der Waals surface area contributed by atoms with E-state index in [1.807, 2.05) is 13.0 Å². The molecule has 2 nitrogen and oxygen atoms in total. The maximum Gasteiger partial charge on any atom is 0.0682 e. The van der Waals surface area contributed by atoms with E-state index in [-0.39, 0.29) is 6.61 Å². The van der Waals surface area contributed by atoms with Gasteiger partial charge < -0.3 is 5.11 Å². The summed E-state index contributed by atoms with van der Waals surface area (Å²) in [5, 5.41) is 8.75. The number of rotatable bonds is 2. The largest absolute Gasteiger partial charge is 0.392 e. The SMILES string of the molecule is C=C(CO)c1cncc(C)c1. The zero-order chi connectivity index (χ0) is 8.27. The van der Waals surface area contributed by atoms with Gasteiger partial charge in [0.15, 0.2) is 0 Å². The van der Waals surface area contributed by atoms with Crippen LogP contribution >= 0.6 is 0 Å². The molecule has 2 heteroatoms. The maximum absolute atomic E-state index is 8.75. The standard InChI is InChI=1S/C9H11NO/c1-7-3-9(5-10-4-7)8(2)6-11/h3-5,11H,2,6H2,1H3. The Balaban J connectivity index is 2.96. The Hall–Kier alpha value is -1.15. The van der Waals surface area contributed by atoms with Gasteiger partial charge in [0, 0.05) is 12.4 Å². The molecule has 11 heavy (non-hydrogen) atoms. The molecule has 1 aromatic rings. The van der Waals surface area contributed by atoms with Crippen molar-refractivity contribution in [1.82, 2.24) is 4.98 Å². The van der Waals surface area contributed by atoms with Gasteiger partial charge in [-0.15, -0.1) is 0 Å². The van der Waals surface area contributed by atoms with Crippen LogP contribution in [0.15, 0.2) is 25.0 Å². The molecule has 0 bridgehead atoms. The van der Waals surface area contributed by atoms with Crippen LogP contribution in [-0.2, 0) is 0 Å². The van der Waals surface area contributed by atoms with Crippen LogP contribution in [-0.4, -0.2) is 16.7 Å². The van der Waals surface area contributed by atoms with Gasteiger partial charge in [0.2, 0.25) is 0 Å². The predicted octanol–water partition coefficient (Wildman–Crippen LogP) is 1.40. The molecule has 0 saturated carbocycles. The third-order valence-corrected chi connectivity index (χ3v) is 1.47. The van der Waals surface area contributed by atoms with E-state index in [0.29, 0.717) is 5.57 Å². The van der Waals surface area contributed by atoms with Gasteiger partial charge >= 0.3 is 0 Å². The van der Waals surface area contributed by atoms with Crippen molar-refractivity contribution in [2.75, 3.05) is 6.61 Å². The Kier molecular flexibility index (Phi) is 2.39. The van der Waals surface area contributed by atoms with Crippen molar-refractivity contribution in [2.45, 2.75) is 6.92 Å². The van der Waals surface area contributed by atoms with Crippen LogP contribution in [0.1, 0.15) is 11.1 Å². The van der Waals surface area contributed by atoms with Gasteiger partial charge in [-0.05, 0) is 29.7 Å². The van der Waals surface area contributed by atoms with Crippen LogP contribution in [0.2, 0.25) is 0 Å². The van der Waals surface area contributed by atoms with E-state index in [9.17, 15) is 0 Å². The fraction of sp³-hybridized carbons (Fsp3) is 0.222. The van der Waals surface area contributed by atoms with Crippen LogP contribution in [0.25, 0.3) is 5.57 Å².